The molecule has 0 fully saturated rings. The van der Waals surface area contributed by atoms with Gasteiger partial charge in [-0.2, -0.15) is 5.26 Å². The summed E-state index contributed by atoms with van der Waals surface area (Å²) in [4.78, 5) is 0. The average Bonchev–Trinajstić information content (AvgIpc) is 2.17. The van der Waals surface area contributed by atoms with Crippen molar-refractivity contribution in [3.05, 3.63) is 35.4 Å². The molecule has 0 saturated carbocycles. The van der Waals surface area contributed by atoms with Crippen LogP contribution in [0.2, 0.25) is 0 Å². The van der Waals surface area contributed by atoms with Crippen LogP contribution in [0.15, 0.2) is 24.3 Å². The Balaban J connectivity index is 3.26. The highest BCUT2D eigenvalue weighted by molar-refractivity contribution is 5.42. The Bertz CT molecular complexity index is 359. The van der Waals surface area contributed by atoms with E-state index in [9.17, 15) is 0 Å². The summed E-state index contributed by atoms with van der Waals surface area (Å²) in [5.41, 5.74) is 7.50. The fourth-order valence-corrected chi connectivity index (χ4v) is 1.39. The lowest BCUT2D eigenvalue weighted by molar-refractivity contribution is 0.433. The maximum Gasteiger partial charge on any atom is 0.0994 e. The first-order valence-corrected chi connectivity index (χ1v) is 4.75. The minimum atomic E-state index is -0.160. The zero-order valence-corrected chi connectivity index (χ0v) is 8.91. The predicted molar refractivity (Wildman–Crippen MR) is 57.8 cm³/mol. The highest BCUT2D eigenvalue weighted by Crippen LogP contribution is 2.28. The van der Waals surface area contributed by atoms with Crippen molar-refractivity contribution in [3.63, 3.8) is 0 Å². The monoisotopic (exact) mass is 188 g/mol. The van der Waals surface area contributed by atoms with Crippen molar-refractivity contribution in [1.29, 1.82) is 5.26 Å². The molecule has 1 atom stereocenters. The third kappa shape index (κ3) is 1.78. The van der Waals surface area contributed by atoms with Crippen LogP contribution in [-0.4, -0.2) is 6.04 Å². The smallest absolute Gasteiger partial charge is 0.0994 e. The van der Waals surface area contributed by atoms with Crippen LogP contribution in [-0.2, 0) is 5.41 Å². The number of hydrogen-bond acceptors (Lipinski definition) is 2. The van der Waals surface area contributed by atoms with Gasteiger partial charge in [0, 0.05) is 11.5 Å². The van der Waals surface area contributed by atoms with Gasteiger partial charge in [0.2, 0.25) is 0 Å². The summed E-state index contributed by atoms with van der Waals surface area (Å²) in [6.45, 7) is 6.09. The Hall–Kier alpha value is -1.33. The van der Waals surface area contributed by atoms with Gasteiger partial charge in [-0.3, -0.25) is 0 Å². The average molecular weight is 188 g/mol. The third-order valence-electron chi connectivity index (χ3n) is 2.88. The van der Waals surface area contributed by atoms with Crippen LogP contribution in [0.3, 0.4) is 0 Å². The van der Waals surface area contributed by atoms with Gasteiger partial charge in [0.25, 0.3) is 0 Å². The Morgan fingerprint density at radius 3 is 2.43 bits per heavy atom. The minimum absolute atomic E-state index is 0.0250. The topological polar surface area (TPSA) is 49.8 Å². The van der Waals surface area contributed by atoms with Crippen LogP contribution in [0.4, 0.5) is 0 Å². The molecular weight excluding hydrogens is 172 g/mol. The lowest BCUT2D eigenvalue weighted by atomic mass is 9.77. The second-order valence-electron chi connectivity index (χ2n) is 4.17. The molecule has 0 aliphatic carbocycles. The van der Waals surface area contributed by atoms with Crippen LogP contribution in [0, 0.1) is 11.3 Å². The van der Waals surface area contributed by atoms with E-state index in [1.165, 1.54) is 0 Å². The molecule has 0 bridgehead atoms. The quantitative estimate of drug-likeness (QED) is 0.773. The molecule has 0 aliphatic rings. The first kappa shape index (κ1) is 10.7. The van der Waals surface area contributed by atoms with Gasteiger partial charge in [0.15, 0.2) is 0 Å². The van der Waals surface area contributed by atoms with E-state index >= 15 is 0 Å². The number of nitrogens with two attached hydrogens (primary N) is 1. The van der Waals surface area contributed by atoms with Crippen molar-refractivity contribution in [2.45, 2.75) is 32.2 Å². The van der Waals surface area contributed by atoms with E-state index in [1.807, 2.05) is 31.2 Å². The molecular formula is C12H16N2. The van der Waals surface area contributed by atoms with E-state index in [0.717, 1.165) is 11.1 Å². The van der Waals surface area contributed by atoms with E-state index in [2.05, 4.69) is 19.9 Å². The molecule has 2 nitrogen and oxygen atoms in total. The van der Waals surface area contributed by atoms with E-state index < -0.39 is 0 Å². The van der Waals surface area contributed by atoms with Gasteiger partial charge in [0.05, 0.1) is 11.6 Å². The zero-order chi connectivity index (χ0) is 10.8. The van der Waals surface area contributed by atoms with Crippen molar-refractivity contribution in [2.75, 3.05) is 0 Å². The van der Waals surface area contributed by atoms with Crippen LogP contribution in [0.25, 0.3) is 0 Å². The molecule has 0 aliphatic heterocycles. The molecule has 1 aromatic carbocycles. The maximum atomic E-state index is 8.97. The van der Waals surface area contributed by atoms with Gasteiger partial charge in [-0.25, -0.2) is 0 Å². The van der Waals surface area contributed by atoms with Gasteiger partial charge in [-0.1, -0.05) is 32.0 Å². The molecule has 74 valence electrons. The van der Waals surface area contributed by atoms with Crippen LogP contribution in [0.5, 0.6) is 0 Å². The summed E-state index contributed by atoms with van der Waals surface area (Å²) in [5, 5.41) is 8.97. The third-order valence-corrected chi connectivity index (χ3v) is 2.88. The molecule has 2 N–H and O–H groups in total. The van der Waals surface area contributed by atoms with Crippen molar-refractivity contribution in [1.82, 2.24) is 0 Å². The van der Waals surface area contributed by atoms with Crippen LogP contribution in [0.1, 0.15) is 31.9 Å². The Kier molecular flexibility index (Phi) is 2.93. The summed E-state index contributed by atoms with van der Waals surface area (Å²) in [7, 11) is 0. The SMILES string of the molecule is CC(N)C(C)(C)c1ccccc1C#N. The van der Waals surface area contributed by atoms with E-state index in [4.69, 9.17) is 11.0 Å². The van der Waals surface area contributed by atoms with Gasteiger partial charge in [-0.05, 0) is 18.6 Å². The molecule has 1 aromatic rings. The second kappa shape index (κ2) is 3.81. The molecule has 0 aromatic heterocycles. The van der Waals surface area contributed by atoms with Crippen molar-refractivity contribution in [2.24, 2.45) is 5.73 Å². The minimum Gasteiger partial charge on any atom is -0.327 e. The van der Waals surface area contributed by atoms with Crippen molar-refractivity contribution < 1.29 is 0 Å². The Morgan fingerprint density at radius 2 is 1.93 bits per heavy atom. The molecule has 1 rings (SSSR count). The van der Waals surface area contributed by atoms with E-state index in [1.54, 1.807) is 0 Å². The first-order valence-electron chi connectivity index (χ1n) is 4.75. The lowest BCUT2D eigenvalue weighted by Crippen LogP contribution is -2.38. The van der Waals surface area contributed by atoms with Crippen molar-refractivity contribution >= 4 is 0 Å². The summed E-state index contributed by atoms with van der Waals surface area (Å²) < 4.78 is 0. The number of rotatable bonds is 2. The van der Waals surface area contributed by atoms with Gasteiger partial charge in [-0.15, -0.1) is 0 Å². The van der Waals surface area contributed by atoms with Gasteiger partial charge in [0.1, 0.15) is 0 Å². The Labute approximate surface area is 85.4 Å². The number of benzene rings is 1. The highest BCUT2D eigenvalue weighted by Gasteiger charge is 2.27. The second-order valence-corrected chi connectivity index (χ2v) is 4.17. The molecule has 14 heavy (non-hydrogen) atoms. The normalized spacial score (nSPS) is 13.4. The number of hydrogen-bond donors (Lipinski definition) is 1. The van der Waals surface area contributed by atoms with Crippen LogP contribution >= 0.6 is 0 Å². The maximum absolute atomic E-state index is 8.97. The fourth-order valence-electron chi connectivity index (χ4n) is 1.39. The largest absolute Gasteiger partial charge is 0.327 e. The van der Waals surface area contributed by atoms with Crippen molar-refractivity contribution in [3.8, 4) is 6.07 Å². The summed E-state index contributed by atoms with van der Waals surface area (Å²) >= 11 is 0. The molecule has 1 unspecified atom stereocenters. The number of nitriles is 1. The summed E-state index contributed by atoms with van der Waals surface area (Å²) in [6, 6.07) is 9.85. The zero-order valence-electron chi connectivity index (χ0n) is 8.91. The highest BCUT2D eigenvalue weighted by atomic mass is 14.7. The Morgan fingerprint density at radius 1 is 1.36 bits per heavy atom. The van der Waals surface area contributed by atoms with E-state index in [0.29, 0.717) is 0 Å². The van der Waals surface area contributed by atoms with Gasteiger partial charge < -0.3 is 5.73 Å². The molecule has 0 heterocycles. The molecule has 0 spiro atoms. The van der Waals surface area contributed by atoms with Crippen LogP contribution < -0.4 is 5.73 Å². The first-order chi connectivity index (χ1) is 6.50. The predicted octanol–water partition coefficient (Wildman–Crippen LogP) is 2.18. The molecule has 2 heteroatoms. The van der Waals surface area contributed by atoms with E-state index in [-0.39, 0.29) is 11.5 Å². The summed E-state index contributed by atoms with van der Waals surface area (Å²) in [5.74, 6) is 0. The fraction of sp³-hybridized carbons (Fsp3) is 0.417. The standard InChI is InChI=1S/C12H16N2/c1-9(14)12(2,3)11-7-5-4-6-10(11)8-13/h4-7,9H,14H2,1-3H3. The molecule has 0 radical (unpaired) electrons. The molecule has 0 amide bonds. The van der Waals surface area contributed by atoms with Gasteiger partial charge >= 0.3 is 0 Å². The summed E-state index contributed by atoms with van der Waals surface area (Å²) in [6.07, 6.45) is 0. The lowest BCUT2D eigenvalue weighted by Gasteiger charge is -2.30. The number of nitrogens with zero attached hydrogens (tertiary/aromatic N) is 1. The molecule has 0 saturated heterocycles.